The molecule has 1 amide bonds. The van der Waals surface area contributed by atoms with Crippen LogP contribution in [0.5, 0.6) is 0 Å². The first-order valence-corrected chi connectivity index (χ1v) is 8.80. The molecule has 0 aromatic heterocycles. The standard InChI is InChI=1S/C16H16ClFN2O3S/c1-11-9-12(17)3-8-15(11)19-16(21)10-20(2)24(22,23)14-6-4-13(18)5-7-14/h3-9H,10H2,1-2H3,(H,19,21). The van der Waals surface area contributed by atoms with Crippen LogP contribution in [0.25, 0.3) is 0 Å². The lowest BCUT2D eigenvalue weighted by Gasteiger charge is -2.17. The summed E-state index contributed by atoms with van der Waals surface area (Å²) in [5.41, 5.74) is 1.32. The van der Waals surface area contributed by atoms with Crippen LogP contribution in [0.4, 0.5) is 10.1 Å². The van der Waals surface area contributed by atoms with Gasteiger partial charge in [-0.05, 0) is 55.0 Å². The van der Waals surface area contributed by atoms with Crippen molar-refractivity contribution in [3.8, 4) is 0 Å². The molecule has 0 atom stereocenters. The van der Waals surface area contributed by atoms with E-state index in [1.54, 1.807) is 25.1 Å². The normalized spacial score (nSPS) is 11.5. The summed E-state index contributed by atoms with van der Waals surface area (Å²) in [6.45, 7) is 1.41. The molecule has 0 saturated carbocycles. The molecule has 1 N–H and O–H groups in total. The van der Waals surface area contributed by atoms with Gasteiger partial charge < -0.3 is 5.32 Å². The van der Waals surface area contributed by atoms with Crippen molar-refractivity contribution in [2.75, 3.05) is 18.9 Å². The lowest BCUT2D eigenvalue weighted by Crippen LogP contribution is -2.35. The molecule has 0 aliphatic carbocycles. The maximum Gasteiger partial charge on any atom is 0.243 e. The van der Waals surface area contributed by atoms with Gasteiger partial charge in [0.25, 0.3) is 0 Å². The van der Waals surface area contributed by atoms with Gasteiger partial charge in [-0.2, -0.15) is 4.31 Å². The van der Waals surface area contributed by atoms with E-state index in [0.29, 0.717) is 10.7 Å². The predicted molar refractivity (Wildman–Crippen MR) is 91.0 cm³/mol. The quantitative estimate of drug-likeness (QED) is 0.879. The summed E-state index contributed by atoms with van der Waals surface area (Å²) in [7, 11) is -2.59. The number of amides is 1. The van der Waals surface area contributed by atoms with Gasteiger partial charge in [0.15, 0.2) is 0 Å². The highest BCUT2D eigenvalue weighted by atomic mass is 35.5. The van der Waals surface area contributed by atoms with Gasteiger partial charge in [0.05, 0.1) is 11.4 Å². The number of sulfonamides is 1. The van der Waals surface area contributed by atoms with Crippen LogP contribution in [0.2, 0.25) is 5.02 Å². The van der Waals surface area contributed by atoms with Gasteiger partial charge in [-0.15, -0.1) is 0 Å². The molecule has 0 saturated heterocycles. The zero-order chi connectivity index (χ0) is 17.9. The molecule has 0 aliphatic rings. The zero-order valence-electron chi connectivity index (χ0n) is 13.1. The van der Waals surface area contributed by atoms with E-state index in [0.717, 1.165) is 34.1 Å². The molecular weight excluding hydrogens is 355 g/mol. The molecule has 128 valence electrons. The van der Waals surface area contributed by atoms with Crippen LogP contribution < -0.4 is 5.32 Å². The Kier molecular flexibility index (Phi) is 5.58. The Labute approximate surface area is 145 Å². The number of rotatable bonds is 5. The second-order valence-corrected chi connectivity index (χ2v) is 7.70. The van der Waals surface area contributed by atoms with Crippen LogP contribution in [0.3, 0.4) is 0 Å². The third kappa shape index (κ3) is 4.31. The first-order valence-electron chi connectivity index (χ1n) is 6.98. The summed E-state index contributed by atoms with van der Waals surface area (Å²) in [5.74, 6) is -1.03. The van der Waals surface area contributed by atoms with Crippen LogP contribution in [-0.4, -0.2) is 32.2 Å². The Morgan fingerprint density at radius 2 is 1.83 bits per heavy atom. The molecule has 2 aromatic carbocycles. The molecule has 5 nitrogen and oxygen atoms in total. The molecule has 0 unspecified atom stereocenters. The molecule has 0 heterocycles. The monoisotopic (exact) mass is 370 g/mol. The van der Waals surface area contributed by atoms with E-state index in [2.05, 4.69) is 5.32 Å². The topological polar surface area (TPSA) is 66.5 Å². The average Bonchev–Trinajstić information content (AvgIpc) is 2.50. The number of aryl methyl sites for hydroxylation is 1. The Bertz CT molecular complexity index is 854. The van der Waals surface area contributed by atoms with Crippen molar-refractivity contribution < 1.29 is 17.6 Å². The van der Waals surface area contributed by atoms with Crippen molar-refractivity contribution in [2.24, 2.45) is 0 Å². The van der Waals surface area contributed by atoms with E-state index in [-0.39, 0.29) is 11.4 Å². The minimum absolute atomic E-state index is 0.0816. The Hall–Kier alpha value is -1.96. The maximum atomic E-state index is 12.9. The van der Waals surface area contributed by atoms with Crippen molar-refractivity contribution in [2.45, 2.75) is 11.8 Å². The molecular formula is C16H16ClFN2O3S. The van der Waals surface area contributed by atoms with E-state index < -0.39 is 21.7 Å². The first kappa shape index (κ1) is 18.4. The minimum atomic E-state index is -3.88. The van der Waals surface area contributed by atoms with Gasteiger partial charge in [0.1, 0.15) is 5.82 Å². The highest BCUT2D eigenvalue weighted by Crippen LogP contribution is 2.20. The molecule has 0 radical (unpaired) electrons. The number of halogens is 2. The lowest BCUT2D eigenvalue weighted by molar-refractivity contribution is -0.116. The van der Waals surface area contributed by atoms with Gasteiger partial charge in [-0.25, -0.2) is 12.8 Å². The SMILES string of the molecule is Cc1cc(Cl)ccc1NC(=O)CN(C)S(=O)(=O)c1ccc(F)cc1. The second kappa shape index (κ2) is 7.29. The molecule has 0 aliphatic heterocycles. The number of hydrogen-bond donors (Lipinski definition) is 1. The Morgan fingerprint density at radius 1 is 1.21 bits per heavy atom. The van der Waals surface area contributed by atoms with Crippen molar-refractivity contribution in [1.82, 2.24) is 4.31 Å². The van der Waals surface area contributed by atoms with Crippen molar-refractivity contribution in [1.29, 1.82) is 0 Å². The van der Waals surface area contributed by atoms with E-state index in [9.17, 15) is 17.6 Å². The number of carbonyl (C=O) groups excluding carboxylic acids is 1. The summed E-state index contributed by atoms with van der Waals surface area (Å²) in [6, 6.07) is 9.38. The number of hydrogen-bond acceptors (Lipinski definition) is 3. The minimum Gasteiger partial charge on any atom is -0.325 e. The molecule has 0 fully saturated rings. The van der Waals surface area contributed by atoms with Gasteiger partial charge in [-0.1, -0.05) is 11.6 Å². The molecule has 0 bridgehead atoms. The summed E-state index contributed by atoms with van der Waals surface area (Å²) in [6.07, 6.45) is 0. The number of benzene rings is 2. The smallest absolute Gasteiger partial charge is 0.243 e. The van der Waals surface area contributed by atoms with E-state index in [4.69, 9.17) is 11.6 Å². The van der Waals surface area contributed by atoms with E-state index >= 15 is 0 Å². The largest absolute Gasteiger partial charge is 0.325 e. The third-order valence-electron chi connectivity index (χ3n) is 3.35. The van der Waals surface area contributed by atoms with Gasteiger partial charge >= 0.3 is 0 Å². The van der Waals surface area contributed by atoms with Gasteiger partial charge in [-0.3, -0.25) is 4.79 Å². The number of carbonyl (C=O) groups is 1. The summed E-state index contributed by atoms with van der Waals surface area (Å²) >= 11 is 5.85. The number of anilines is 1. The summed E-state index contributed by atoms with van der Waals surface area (Å²) in [5, 5.41) is 3.18. The fourth-order valence-corrected chi connectivity index (χ4v) is 3.38. The summed E-state index contributed by atoms with van der Waals surface area (Å²) in [4.78, 5) is 12.0. The molecule has 24 heavy (non-hydrogen) atoms. The zero-order valence-corrected chi connectivity index (χ0v) is 14.7. The summed E-state index contributed by atoms with van der Waals surface area (Å²) < 4.78 is 38.5. The van der Waals surface area contributed by atoms with Gasteiger partial charge in [0.2, 0.25) is 15.9 Å². The van der Waals surface area contributed by atoms with Crippen LogP contribution in [0, 0.1) is 12.7 Å². The van der Waals surface area contributed by atoms with Crippen LogP contribution in [0.15, 0.2) is 47.4 Å². The molecule has 8 heteroatoms. The Morgan fingerprint density at radius 3 is 2.42 bits per heavy atom. The highest BCUT2D eigenvalue weighted by Gasteiger charge is 2.23. The van der Waals surface area contributed by atoms with E-state index in [1.807, 2.05) is 0 Å². The van der Waals surface area contributed by atoms with Gasteiger partial charge in [0, 0.05) is 17.8 Å². The van der Waals surface area contributed by atoms with Crippen LogP contribution >= 0.6 is 11.6 Å². The molecule has 0 spiro atoms. The number of likely N-dealkylation sites (N-methyl/N-ethyl adjacent to an activating group) is 1. The lowest BCUT2D eigenvalue weighted by atomic mass is 10.2. The molecule has 2 aromatic rings. The second-order valence-electron chi connectivity index (χ2n) is 5.22. The van der Waals surface area contributed by atoms with Crippen molar-refractivity contribution >= 4 is 33.2 Å². The number of nitrogens with zero attached hydrogens (tertiary/aromatic N) is 1. The van der Waals surface area contributed by atoms with E-state index in [1.165, 1.54) is 7.05 Å². The van der Waals surface area contributed by atoms with Crippen molar-refractivity contribution in [3.05, 3.63) is 58.9 Å². The fourth-order valence-electron chi connectivity index (χ4n) is 2.03. The highest BCUT2D eigenvalue weighted by molar-refractivity contribution is 7.89. The predicted octanol–water partition coefficient (Wildman–Crippen LogP) is 3.05. The first-order chi connectivity index (χ1) is 11.2. The molecule has 2 rings (SSSR count). The maximum absolute atomic E-state index is 12.9. The Balaban J connectivity index is 2.09. The van der Waals surface area contributed by atoms with Crippen molar-refractivity contribution in [3.63, 3.8) is 0 Å². The number of nitrogens with one attached hydrogen (secondary N) is 1. The fraction of sp³-hybridized carbons (Fsp3) is 0.188. The average molecular weight is 371 g/mol. The van der Waals surface area contributed by atoms with Crippen LogP contribution in [0.1, 0.15) is 5.56 Å². The third-order valence-corrected chi connectivity index (χ3v) is 5.40. The van der Waals surface area contributed by atoms with Crippen LogP contribution in [-0.2, 0) is 14.8 Å².